The van der Waals surface area contributed by atoms with Gasteiger partial charge < -0.3 is 24.3 Å². The molecule has 0 radical (unpaired) electrons. The number of hydrogen-bond donors (Lipinski definition) is 1. The van der Waals surface area contributed by atoms with Gasteiger partial charge in [0.05, 0.1) is 12.8 Å². The van der Waals surface area contributed by atoms with E-state index in [1.807, 2.05) is 12.1 Å². The van der Waals surface area contributed by atoms with Crippen LogP contribution < -0.4 is 15.0 Å². The first-order valence-corrected chi connectivity index (χ1v) is 10.7. The molecule has 3 aromatic rings. The van der Waals surface area contributed by atoms with Crippen LogP contribution in [0.25, 0.3) is 11.5 Å². The van der Waals surface area contributed by atoms with Crippen molar-refractivity contribution in [3.63, 3.8) is 0 Å². The zero-order chi connectivity index (χ0) is 22.3. The fourth-order valence-electron chi connectivity index (χ4n) is 3.75. The first-order chi connectivity index (χ1) is 15.7. The van der Waals surface area contributed by atoms with E-state index in [2.05, 4.69) is 37.2 Å². The third kappa shape index (κ3) is 5.19. The lowest BCUT2D eigenvalue weighted by atomic mass is 10.2. The number of rotatable bonds is 6. The van der Waals surface area contributed by atoms with Crippen LogP contribution in [0.5, 0.6) is 5.75 Å². The van der Waals surface area contributed by atoms with Gasteiger partial charge in [-0.2, -0.15) is 0 Å². The molecule has 0 aliphatic carbocycles. The first-order valence-electron chi connectivity index (χ1n) is 10.7. The highest BCUT2D eigenvalue weighted by molar-refractivity contribution is 5.80. The van der Waals surface area contributed by atoms with E-state index < -0.39 is 0 Å². The van der Waals surface area contributed by atoms with Crippen molar-refractivity contribution in [2.45, 2.75) is 6.42 Å². The number of nitrogens with zero attached hydrogens (tertiary/aromatic N) is 4. The van der Waals surface area contributed by atoms with E-state index in [9.17, 15) is 4.39 Å². The molecular weight excluding hydrogens is 409 g/mol. The highest BCUT2D eigenvalue weighted by Gasteiger charge is 2.20. The molecule has 4 rings (SSSR count). The smallest absolute Gasteiger partial charge is 0.226 e. The highest BCUT2D eigenvalue weighted by Crippen LogP contribution is 2.21. The summed E-state index contributed by atoms with van der Waals surface area (Å²) >= 11 is 0. The third-order valence-electron chi connectivity index (χ3n) is 5.54. The van der Waals surface area contributed by atoms with E-state index in [4.69, 9.17) is 9.15 Å². The fraction of sp³-hybridized carbons (Fsp3) is 0.333. The van der Waals surface area contributed by atoms with Crippen LogP contribution in [0.1, 0.15) is 5.69 Å². The van der Waals surface area contributed by atoms with Crippen molar-refractivity contribution in [1.82, 2.24) is 15.2 Å². The molecule has 2 heterocycles. The van der Waals surface area contributed by atoms with Crippen LogP contribution in [0, 0.1) is 5.82 Å². The van der Waals surface area contributed by atoms with Crippen molar-refractivity contribution in [2.24, 2.45) is 4.99 Å². The minimum absolute atomic E-state index is 0.277. The Balaban J connectivity index is 1.25. The summed E-state index contributed by atoms with van der Waals surface area (Å²) < 4.78 is 23.9. The van der Waals surface area contributed by atoms with E-state index in [1.165, 1.54) is 17.8 Å². The Morgan fingerprint density at radius 3 is 2.47 bits per heavy atom. The van der Waals surface area contributed by atoms with Gasteiger partial charge in [0.1, 0.15) is 17.8 Å². The van der Waals surface area contributed by atoms with Gasteiger partial charge >= 0.3 is 0 Å². The van der Waals surface area contributed by atoms with Crippen LogP contribution >= 0.6 is 0 Å². The van der Waals surface area contributed by atoms with Crippen LogP contribution in [0.4, 0.5) is 10.1 Å². The number of benzene rings is 2. The number of aliphatic imine (C=N–C) groups is 1. The van der Waals surface area contributed by atoms with Gasteiger partial charge in [-0.3, -0.25) is 4.99 Å². The lowest BCUT2D eigenvalue weighted by Crippen LogP contribution is -2.52. The Labute approximate surface area is 187 Å². The van der Waals surface area contributed by atoms with Crippen molar-refractivity contribution in [3.05, 3.63) is 66.3 Å². The molecule has 0 amide bonds. The number of aromatic nitrogens is 1. The van der Waals surface area contributed by atoms with Crippen LogP contribution in [-0.2, 0) is 6.42 Å². The maximum Gasteiger partial charge on any atom is 0.226 e. The first kappa shape index (κ1) is 21.7. The average Bonchev–Trinajstić information content (AvgIpc) is 3.31. The lowest BCUT2D eigenvalue weighted by Gasteiger charge is -2.37. The van der Waals surface area contributed by atoms with Gasteiger partial charge in [0.2, 0.25) is 5.89 Å². The number of piperazine rings is 1. The third-order valence-corrected chi connectivity index (χ3v) is 5.54. The molecule has 1 saturated heterocycles. The molecule has 0 bridgehead atoms. The van der Waals surface area contributed by atoms with E-state index >= 15 is 0 Å². The van der Waals surface area contributed by atoms with Gasteiger partial charge in [0, 0.05) is 57.4 Å². The molecule has 1 N–H and O–H groups in total. The largest absolute Gasteiger partial charge is 0.497 e. The predicted octanol–water partition coefficient (Wildman–Crippen LogP) is 3.43. The molecule has 0 spiro atoms. The second-order valence-electron chi connectivity index (χ2n) is 7.55. The molecule has 2 aromatic carbocycles. The molecule has 8 heteroatoms. The fourth-order valence-corrected chi connectivity index (χ4v) is 3.75. The van der Waals surface area contributed by atoms with Gasteiger partial charge in [0.25, 0.3) is 0 Å². The second-order valence-corrected chi connectivity index (χ2v) is 7.55. The molecule has 0 saturated carbocycles. The van der Waals surface area contributed by atoms with Gasteiger partial charge in [0.15, 0.2) is 5.96 Å². The number of ether oxygens (including phenoxy) is 1. The van der Waals surface area contributed by atoms with E-state index in [0.717, 1.165) is 49.1 Å². The van der Waals surface area contributed by atoms with Crippen LogP contribution in [0.15, 0.2) is 64.2 Å². The standard InChI is InChI=1S/C24H28FN5O2/c1-26-24(30-15-13-29(14-16-30)21-7-9-22(31-2)10-8-21)27-12-11-20-17-32-23(28-20)18-3-5-19(25)6-4-18/h3-10,17H,11-16H2,1-2H3,(H,26,27). The van der Waals surface area contributed by atoms with Crippen LogP contribution in [0.2, 0.25) is 0 Å². The number of hydrogen-bond acceptors (Lipinski definition) is 5. The van der Waals surface area contributed by atoms with Gasteiger partial charge in [-0.1, -0.05) is 0 Å². The van der Waals surface area contributed by atoms with E-state index in [1.54, 1.807) is 32.6 Å². The quantitative estimate of drug-likeness (QED) is 0.471. The molecule has 0 unspecified atom stereocenters. The number of halogens is 1. The van der Waals surface area contributed by atoms with E-state index in [-0.39, 0.29) is 5.82 Å². The topological polar surface area (TPSA) is 66.1 Å². The molecular formula is C24H28FN5O2. The maximum atomic E-state index is 13.1. The lowest BCUT2D eigenvalue weighted by molar-refractivity contribution is 0.372. The summed E-state index contributed by atoms with van der Waals surface area (Å²) in [5.41, 5.74) is 2.81. The molecule has 7 nitrogen and oxygen atoms in total. The highest BCUT2D eigenvalue weighted by atomic mass is 19.1. The zero-order valence-corrected chi connectivity index (χ0v) is 18.4. The molecule has 1 fully saturated rings. The summed E-state index contributed by atoms with van der Waals surface area (Å²) in [7, 11) is 3.49. The Morgan fingerprint density at radius 2 is 1.81 bits per heavy atom. The van der Waals surface area contributed by atoms with Crippen LogP contribution in [0.3, 0.4) is 0 Å². The minimum Gasteiger partial charge on any atom is -0.497 e. The number of oxazole rings is 1. The Kier molecular flexibility index (Phi) is 6.89. The summed E-state index contributed by atoms with van der Waals surface area (Å²) in [6, 6.07) is 14.3. The molecule has 1 aliphatic rings. The summed E-state index contributed by atoms with van der Waals surface area (Å²) in [6.45, 7) is 4.34. The molecule has 168 valence electrons. The predicted molar refractivity (Wildman–Crippen MR) is 124 cm³/mol. The number of anilines is 1. The van der Waals surface area contributed by atoms with Gasteiger partial charge in [-0.05, 0) is 48.5 Å². The maximum absolute atomic E-state index is 13.1. The number of methoxy groups -OCH3 is 1. The SMILES string of the molecule is CN=C(NCCc1coc(-c2ccc(F)cc2)n1)N1CCN(c2ccc(OC)cc2)CC1. The summed E-state index contributed by atoms with van der Waals surface area (Å²) in [5.74, 6) is 1.98. The van der Waals surface area contributed by atoms with Gasteiger partial charge in [-0.25, -0.2) is 9.37 Å². The van der Waals surface area contributed by atoms with Crippen molar-refractivity contribution in [1.29, 1.82) is 0 Å². The van der Waals surface area contributed by atoms with Crippen molar-refractivity contribution in [2.75, 3.05) is 51.8 Å². The molecule has 1 aliphatic heterocycles. The molecule has 1 aromatic heterocycles. The normalized spacial score (nSPS) is 14.5. The Hall–Kier alpha value is -3.55. The van der Waals surface area contributed by atoms with Crippen LogP contribution in [-0.4, -0.2) is 62.7 Å². The summed E-state index contributed by atoms with van der Waals surface area (Å²) in [5, 5.41) is 3.42. The number of guanidine groups is 1. The summed E-state index contributed by atoms with van der Waals surface area (Å²) in [6.07, 6.45) is 2.35. The Bertz CT molecular complexity index is 1030. The average molecular weight is 438 g/mol. The molecule has 32 heavy (non-hydrogen) atoms. The minimum atomic E-state index is -0.277. The second kappa shape index (κ2) is 10.2. The van der Waals surface area contributed by atoms with Crippen molar-refractivity contribution in [3.8, 4) is 17.2 Å². The molecule has 0 atom stereocenters. The Morgan fingerprint density at radius 1 is 1.09 bits per heavy atom. The van der Waals surface area contributed by atoms with Gasteiger partial charge in [-0.15, -0.1) is 0 Å². The number of nitrogens with one attached hydrogen (secondary N) is 1. The summed E-state index contributed by atoms with van der Waals surface area (Å²) in [4.78, 5) is 13.6. The van der Waals surface area contributed by atoms with Crippen molar-refractivity contribution >= 4 is 11.6 Å². The van der Waals surface area contributed by atoms with Crippen molar-refractivity contribution < 1.29 is 13.5 Å². The monoisotopic (exact) mass is 437 g/mol. The van der Waals surface area contributed by atoms with E-state index in [0.29, 0.717) is 18.9 Å². The zero-order valence-electron chi connectivity index (χ0n) is 18.4.